The molecule has 0 heterocycles. The van der Waals surface area contributed by atoms with Crippen molar-refractivity contribution in [3.05, 3.63) is 0 Å². The van der Waals surface area contributed by atoms with Crippen molar-refractivity contribution in [3.63, 3.8) is 0 Å². The Morgan fingerprint density at radius 2 is 2.00 bits per heavy atom. The summed E-state index contributed by atoms with van der Waals surface area (Å²) in [6.07, 6.45) is 0. The molecule has 0 rings (SSSR count). The highest BCUT2D eigenvalue weighted by atomic mass is 32.2. The van der Waals surface area contributed by atoms with Gasteiger partial charge in [0.15, 0.2) is 10.5 Å². The van der Waals surface area contributed by atoms with Crippen molar-refractivity contribution < 1.29 is 12.3 Å². The monoisotopic (exact) mass is 157 g/mol. The van der Waals surface area contributed by atoms with Crippen LogP contribution in [0, 0.1) is 0 Å². The van der Waals surface area contributed by atoms with Crippen LogP contribution in [0.2, 0.25) is 0 Å². The third-order valence-electron chi connectivity index (χ3n) is 0.469. The van der Waals surface area contributed by atoms with Gasteiger partial charge in [-0.1, -0.05) is 0 Å². The van der Waals surface area contributed by atoms with Gasteiger partial charge in [-0.3, -0.25) is 0 Å². The van der Waals surface area contributed by atoms with Crippen LogP contribution in [0.15, 0.2) is 0 Å². The van der Waals surface area contributed by atoms with Crippen LogP contribution < -0.4 is 4.39 Å². The smallest absolute Gasteiger partial charge is 0.316 e. The maximum atomic E-state index is 10.1. The van der Waals surface area contributed by atoms with Gasteiger partial charge in [0.2, 0.25) is 0 Å². The molecule has 0 saturated heterocycles. The van der Waals surface area contributed by atoms with E-state index >= 15 is 0 Å². The summed E-state index contributed by atoms with van der Waals surface area (Å²) in [6.45, 7) is 0. The normalized spacial score (nSPS) is 12.6. The summed E-state index contributed by atoms with van der Waals surface area (Å²) in [5.41, 5.74) is 0. The van der Waals surface area contributed by atoms with Gasteiger partial charge in [0.05, 0.1) is 10.4 Å². The van der Waals surface area contributed by atoms with E-state index in [9.17, 15) is 8.42 Å². The van der Waals surface area contributed by atoms with Gasteiger partial charge in [-0.25, -0.2) is 4.39 Å². The first-order chi connectivity index (χ1) is 3.12. The van der Waals surface area contributed by atoms with Gasteiger partial charge >= 0.3 is 10.3 Å². The molecule has 0 aromatic heterocycles. The molecule has 0 bridgehead atoms. The Morgan fingerprint density at radius 3 is 2.00 bits per heavy atom. The molecule has 0 atom stereocenters. The molecule has 0 aliphatic heterocycles. The van der Waals surface area contributed by atoms with Gasteiger partial charge in [-0.2, -0.15) is 8.42 Å². The minimum absolute atomic E-state index is 0.229. The second-order valence-corrected chi connectivity index (χ2v) is 4.70. The van der Waals surface area contributed by atoms with Crippen LogP contribution in [-0.4, -0.2) is 29.3 Å². The Morgan fingerprint density at radius 1 is 1.57 bits per heavy atom. The fourth-order valence-corrected chi connectivity index (χ4v) is 2.25. The number of hydrogen-bond acceptors (Lipinski definition) is 3. The van der Waals surface area contributed by atoms with Gasteiger partial charge < -0.3 is 3.87 Å². The van der Waals surface area contributed by atoms with E-state index < -0.39 is 10.3 Å². The van der Waals surface area contributed by atoms with E-state index in [1.54, 1.807) is 0 Å². The van der Waals surface area contributed by atoms with Crippen LogP contribution in [0.4, 0.5) is 0 Å². The first kappa shape index (κ1) is 7.30. The van der Waals surface area contributed by atoms with E-state index in [0.29, 0.717) is 10.4 Å². The molecule has 0 radical (unpaired) electrons. The summed E-state index contributed by atoms with van der Waals surface area (Å²) in [5.74, 6) is 0. The summed E-state index contributed by atoms with van der Waals surface area (Å²) in [4.78, 5) is 0. The van der Waals surface area contributed by atoms with E-state index in [0.717, 1.165) is 0 Å². The molecule has 44 valence electrons. The zero-order valence-electron chi connectivity index (χ0n) is 4.13. The third kappa shape index (κ3) is 2.94. The van der Waals surface area contributed by atoms with E-state index in [-0.39, 0.29) is 10.5 Å². The van der Waals surface area contributed by atoms with Crippen molar-refractivity contribution in [2.75, 3.05) is 0 Å². The molecule has 7 heavy (non-hydrogen) atoms. The number of nitrogens with one attached hydrogen (secondary N) is 1. The molecule has 0 aliphatic rings. The number of hydrogen-bond donors (Lipinski definition) is 1. The molecule has 0 aromatic rings. The quantitative estimate of drug-likeness (QED) is 0.421. The Hall–Kier alpha value is 0.304. The highest BCUT2D eigenvalue weighted by Crippen LogP contribution is 1.74. The Bertz CT molecular complexity index is 116. The van der Waals surface area contributed by atoms with Gasteiger partial charge in [-0.15, -0.1) is 0 Å². The molecule has 0 aromatic carbocycles. The molecule has 4 nitrogen and oxygen atoms in total. The Balaban J connectivity index is 3.89. The van der Waals surface area contributed by atoms with E-state index in [2.05, 4.69) is 8.26 Å². The highest BCUT2D eigenvalue weighted by molar-refractivity contribution is 7.86. The van der Waals surface area contributed by atoms with Crippen LogP contribution in [0.25, 0.3) is 0 Å². The molecular weight excluding hydrogens is 150 g/mol. The van der Waals surface area contributed by atoms with E-state index in [1.165, 1.54) is 0 Å². The van der Waals surface area contributed by atoms with Crippen molar-refractivity contribution in [2.24, 2.45) is 0 Å². The number of rotatable bonds is 2. The standard InChI is InChI=1S/H7NO3SSi2/c2-5(3,1-6)4-7/h1H,6-7H3. The molecule has 0 amide bonds. The lowest BCUT2D eigenvalue weighted by molar-refractivity contribution is 0.504. The van der Waals surface area contributed by atoms with Gasteiger partial charge in [-0.05, 0) is 0 Å². The first-order valence-electron chi connectivity index (χ1n) is 1.61. The summed E-state index contributed by atoms with van der Waals surface area (Å²) in [7, 11) is -2.64. The van der Waals surface area contributed by atoms with Crippen LogP contribution >= 0.6 is 0 Å². The molecule has 1 N–H and O–H groups in total. The summed E-state index contributed by atoms with van der Waals surface area (Å²) >= 11 is 0. The van der Waals surface area contributed by atoms with Gasteiger partial charge in [0.1, 0.15) is 0 Å². The maximum absolute atomic E-state index is 10.1. The lowest BCUT2D eigenvalue weighted by Gasteiger charge is -1.94. The minimum atomic E-state index is -3.28. The molecule has 7 heteroatoms. The lowest BCUT2D eigenvalue weighted by atomic mass is 13.9. The Labute approximate surface area is 48.6 Å². The SMILES string of the molecule is O=S(=O)(N[SiH3])O[SiH3]. The van der Waals surface area contributed by atoms with E-state index in [1.807, 2.05) is 0 Å². The summed E-state index contributed by atoms with van der Waals surface area (Å²) in [6, 6.07) is 0. The van der Waals surface area contributed by atoms with Crippen LogP contribution in [-0.2, 0) is 14.2 Å². The predicted octanol–water partition coefficient (Wildman–Crippen LogP) is -3.60. The van der Waals surface area contributed by atoms with Crippen LogP contribution in [0.1, 0.15) is 0 Å². The lowest BCUT2D eigenvalue weighted by Crippen LogP contribution is -2.21. The Kier molecular flexibility index (Phi) is 2.68. The minimum Gasteiger partial charge on any atom is -0.316 e. The zero-order valence-corrected chi connectivity index (χ0v) is 8.95. The van der Waals surface area contributed by atoms with Gasteiger partial charge in [0, 0.05) is 0 Å². The summed E-state index contributed by atoms with van der Waals surface area (Å²) < 4.78 is 26.4. The van der Waals surface area contributed by atoms with Crippen molar-refractivity contribution in [1.82, 2.24) is 4.39 Å². The topological polar surface area (TPSA) is 55.4 Å². The first-order valence-corrected chi connectivity index (χ1v) is 4.84. The van der Waals surface area contributed by atoms with E-state index in [4.69, 9.17) is 0 Å². The molecule has 0 saturated carbocycles. The van der Waals surface area contributed by atoms with Crippen LogP contribution in [0.3, 0.4) is 0 Å². The molecule has 0 spiro atoms. The highest BCUT2D eigenvalue weighted by Gasteiger charge is 1.97. The summed E-state index contributed by atoms with van der Waals surface area (Å²) in [5, 5.41) is 0. The largest absolute Gasteiger partial charge is 0.318 e. The van der Waals surface area contributed by atoms with Gasteiger partial charge in [0.25, 0.3) is 0 Å². The third-order valence-corrected chi connectivity index (χ3v) is 4.22. The molecule has 0 unspecified atom stereocenters. The predicted molar refractivity (Wildman–Crippen MR) is 33.0 cm³/mol. The average molecular weight is 157 g/mol. The fraction of sp³-hybridized carbons (Fsp3) is 0. The van der Waals surface area contributed by atoms with Crippen molar-refractivity contribution in [1.29, 1.82) is 0 Å². The maximum Gasteiger partial charge on any atom is 0.318 e. The second kappa shape index (κ2) is 2.57. The molecular formula is H7NO3SSi2. The van der Waals surface area contributed by atoms with Crippen molar-refractivity contribution in [2.45, 2.75) is 0 Å². The zero-order chi connectivity index (χ0) is 5.91. The molecule has 0 aliphatic carbocycles. The average Bonchev–Trinajstić information content (AvgIpc) is 1.68. The molecule has 0 fully saturated rings. The van der Waals surface area contributed by atoms with Crippen molar-refractivity contribution >= 4 is 31.2 Å². The fourth-order valence-electron chi connectivity index (χ4n) is 0.0833. The van der Waals surface area contributed by atoms with Crippen LogP contribution in [0.5, 0.6) is 0 Å². The second-order valence-electron chi connectivity index (χ2n) is 0.825. The van der Waals surface area contributed by atoms with Crippen molar-refractivity contribution in [3.8, 4) is 0 Å².